The van der Waals surface area contributed by atoms with Crippen LogP contribution in [0, 0.1) is 11.8 Å². The van der Waals surface area contributed by atoms with Crippen molar-refractivity contribution < 1.29 is 23.9 Å². The van der Waals surface area contributed by atoms with Gasteiger partial charge in [0.15, 0.2) is 0 Å². The molecule has 108 valence electrons. The molecule has 0 rings (SSSR count). The number of ether oxygens (including phenoxy) is 2. The second-order valence-corrected chi connectivity index (χ2v) is 4.63. The first kappa shape index (κ1) is 25.5. The van der Waals surface area contributed by atoms with E-state index in [1.807, 2.05) is 0 Å². The average Bonchev–Trinajstić information content (AvgIpc) is 2.25. The molecule has 0 amide bonds. The molecule has 0 saturated carbocycles. The van der Waals surface area contributed by atoms with Gasteiger partial charge in [0, 0.05) is 0 Å². The van der Waals surface area contributed by atoms with Crippen molar-refractivity contribution in [3.8, 4) is 0 Å². The Hall–Kier alpha value is 0.530. The van der Waals surface area contributed by atoms with Crippen LogP contribution >= 0.6 is 0 Å². The minimum absolute atomic E-state index is 0. The molecular formula is C11H22N2Na2O5. The summed E-state index contributed by atoms with van der Waals surface area (Å²) < 4.78 is 8.55. The SMILES string of the molecule is CC(C)[C@H](N)C(=O)OC(=O)OC(=O)[C@@H](N)C(C)C.[NaH].[NaH]. The van der Waals surface area contributed by atoms with E-state index in [1.165, 1.54) is 0 Å². The van der Waals surface area contributed by atoms with E-state index in [-0.39, 0.29) is 71.0 Å². The molecule has 0 bridgehead atoms. The fourth-order valence-electron chi connectivity index (χ4n) is 0.866. The van der Waals surface area contributed by atoms with Gasteiger partial charge in [-0.1, -0.05) is 27.7 Å². The van der Waals surface area contributed by atoms with E-state index < -0.39 is 30.2 Å². The first-order valence-electron chi connectivity index (χ1n) is 5.65. The van der Waals surface area contributed by atoms with Crippen molar-refractivity contribution in [2.75, 3.05) is 0 Å². The molecule has 0 aromatic rings. The molecule has 20 heavy (non-hydrogen) atoms. The minimum atomic E-state index is -1.41. The molecule has 9 heteroatoms. The van der Waals surface area contributed by atoms with E-state index in [1.54, 1.807) is 27.7 Å². The van der Waals surface area contributed by atoms with Crippen LogP contribution in [0.4, 0.5) is 4.79 Å². The van der Waals surface area contributed by atoms with E-state index >= 15 is 0 Å². The maximum atomic E-state index is 11.3. The summed E-state index contributed by atoms with van der Waals surface area (Å²) in [5.74, 6) is -2.28. The normalized spacial score (nSPS) is 12.8. The van der Waals surface area contributed by atoms with Gasteiger partial charge in [0.05, 0.1) is 0 Å². The van der Waals surface area contributed by atoms with Gasteiger partial charge in [-0.3, -0.25) is 0 Å². The summed E-state index contributed by atoms with van der Waals surface area (Å²) in [5, 5.41) is 0. The molecule has 0 aliphatic carbocycles. The average molecular weight is 308 g/mol. The topological polar surface area (TPSA) is 122 Å². The number of esters is 2. The summed E-state index contributed by atoms with van der Waals surface area (Å²) in [6, 6.07) is -1.90. The van der Waals surface area contributed by atoms with E-state index in [4.69, 9.17) is 11.5 Å². The molecule has 0 unspecified atom stereocenters. The van der Waals surface area contributed by atoms with Crippen molar-refractivity contribution in [1.82, 2.24) is 0 Å². The fraction of sp³-hybridized carbons (Fsp3) is 0.727. The first-order chi connectivity index (χ1) is 8.16. The van der Waals surface area contributed by atoms with Gasteiger partial charge in [-0.2, -0.15) is 0 Å². The molecule has 0 fully saturated rings. The molecule has 0 aliphatic rings. The summed E-state index contributed by atoms with van der Waals surface area (Å²) in [6.45, 7) is 6.77. The van der Waals surface area contributed by atoms with E-state index in [2.05, 4.69) is 9.47 Å². The number of hydrogen-bond donors (Lipinski definition) is 2. The van der Waals surface area contributed by atoms with Crippen molar-refractivity contribution in [3.05, 3.63) is 0 Å². The van der Waals surface area contributed by atoms with Gasteiger partial charge in [0.25, 0.3) is 0 Å². The van der Waals surface area contributed by atoms with Crippen molar-refractivity contribution in [3.63, 3.8) is 0 Å². The third-order valence-electron chi connectivity index (χ3n) is 2.35. The Balaban J connectivity index is -0.00000144. The quantitative estimate of drug-likeness (QED) is 0.382. The third-order valence-corrected chi connectivity index (χ3v) is 2.35. The van der Waals surface area contributed by atoms with Crippen LogP contribution in [0.2, 0.25) is 0 Å². The molecule has 2 atom stereocenters. The molecular weight excluding hydrogens is 286 g/mol. The van der Waals surface area contributed by atoms with Crippen molar-refractivity contribution >= 4 is 77.2 Å². The molecule has 0 spiro atoms. The Morgan fingerprint density at radius 2 is 1.00 bits per heavy atom. The monoisotopic (exact) mass is 308 g/mol. The van der Waals surface area contributed by atoms with Gasteiger partial charge in [0.2, 0.25) is 0 Å². The molecule has 0 radical (unpaired) electrons. The van der Waals surface area contributed by atoms with Gasteiger partial charge >= 0.3 is 77.2 Å². The van der Waals surface area contributed by atoms with E-state index in [0.29, 0.717) is 0 Å². The summed E-state index contributed by atoms with van der Waals surface area (Å²) in [6.07, 6.45) is -1.41. The molecule has 4 N–H and O–H groups in total. The molecule has 0 heterocycles. The molecule has 0 aliphatic heterocycles. The zero-order valence-corrected chi connectivity index (χ0v) is 11.0. The first-order valence-corrected chi connectivity index (χ1v) is 5.65. The van der Waals surface area contributed by atoms with Crippen LogP contribution in [0.1, 0.15) is 27.7 Å². The van der Waals surface area contributed by atoms with Crippen LogP contribution in [0.15, 0.2) is 0 Å². The van der Waals surface area contributed by atoms with Crippen LogP contribution in [-0.4, -0.2) is 89.3 Å². The summed E-state index contributed by atoms with van der Waals surface area (Å²) in [4.78, 5) is 33.7. The molecule has 0 saturated heterocycles. The molecule has 0 aromatic carbocycles. The summed E-state index contributed by atoms with van der Waals surface area (Å²) in [7, 11) is 0. The van der Waals surface area contributed by atoms with Gasteiger partial charge in [-0.25, -0.2) is 14.4 Å². The van der Waals surface area contributed by atoms with E-state index in [0.717, 1.165) is 0 Å². The van der Waals surface area contributed by atoms with Crippen LogP contribution in [0.25, 0.3) is 0 Å². The van der Waals surface area contributed by atoms with Crippen molar-refractivity contribution in [1.29, 1.82) is 0 Å². The second-order valence-electron chi connectivity index (χ2n) is 4.63. The van der Waals surface area contributed by atoms with Crippen LogP contribution < -0.4 is 11.5 Å². The Kier molecular flexibility index (Phi) is 15.4. The Morgan fingerprint density at radius 3 is 1.20 bits per heavy atom. The molecule has 7 nitrogen and oxygen atoms in total. The maximum absolute atomic E-state index is 11.3. The predicted octanol–water partition coefficient (Wildman–Crippen LogP) is -1.14. The number of nitrogens with two attached hydrogens (primary N) is 2. The Bertz CT molecular complexity index is 307. The van der Waals surface area contributed by atoms with Crippen molar-refractivity contribution in [2.24, 2.45) is 23.3 Å². The zero-order valence-electron chi connectivity index (χ0n) is 11.0. The fourth-order valence-corrected chi connectivity index (χ4v) is 0.866. The van der Waals surface area contributed by atoms with Gasteiger partial charge in [-0.15, -0.1) is 0 Å². The summed E-state index contributed by atoms with van der Waals surface area (Å²) >= 11 is 0. The van der Waals surface area contributed by atoms with Crippen LogP contribution in [0.3, 0.4) is 0 Å². The third kappa shape index (κ3) is 9.46. The number of carbonyl (C=O) groups is 3. The summed E-state index contributed by atoms with van der Waals surface area (Å²) in [5.41, 5.74) is 10.9. The number of hydrogen-bond acceptors (Lipinski definition) is 7. The zero-order chi connectivity index (χ0) is 14.5. The number of carbonyl (C=O) groups excluding carboxylic acids is 3. The Labute approximate surface area is 163 Å². The van der Waals surface area contributed by atoms with Crippen molar-refractivity contribution in [2.45, 2.75) is 39.8 Å². The second kappa shape index (κ2) is 12.1. The van der Waals surface area contributed by atoms with Crippen LogP contribution in [-0.2, 0) is 19.1 Å². The van der Waals surface area contributed by atoms with E-state index in [9.17, 15) is 14.4 Å². The molecule has 0 aromatic heterocycles. The predicted molar refractivity (Wildman–Crippen MR) is 77.5 cm³/mol. The van der Waals surface area contributed by atoms with Gasteiger partial charge in [0.1, 0.15) is 12.1 Å². The number of rotatable bonds is 4. The standard InChI is InChI=1S/C11H20N2O5.2Na.2H/c1-5(2)7(12)9(14)17-11(16)18-10(15)8(13)6(3)4;;;;/h5-8H,12-13H2,1-4H3;;;;/t7-,8-;;;;/m0..../s1. The Morgan fingerprint density at radius 1 is 0.750 bits per heavy atom. The van der Waals surface area contributed by atoms with Crippen LogP contribution in [0.5, 0.6) is 0 Å². The van der Waals surface area contributed by atoms with Gasteiger partial charge in [-0.05, 0) is 11.8 Å². The van der Waals surface area contributed by atoms with Gasteiger partial charge < -0.3 is 20.9 Å².